The summed E-state index contributed by atoms with van der Waals surface area (Å²) in [6.45, 7) is 0. The van der Waals surface area contributed by atoms with Crippen LogP contribution >= 0.6 is 0 Å². The van der Waals surface area contributed by atoms with Crippen LogP contribution in [-0.4, -0.2) is 34.0 Å². The summed E-state index contributed by atoms with van der Waals surface area (Å²) in [7, 11) is 0. The smallest absolute Gasteiger partial charge is 0.335 e. The predicted molar refractivity (Wildman–Crippen MR) is 90.5 cm³/mol. The highest BCUT2D eigenvalue weighted by molar-refractivity contribution is 6.39. The highest BCUT2D eigenvalue weighted by Crippen LogP contribution is 2.23. The Kier molecular flexibility index (Phi) is 4.24. The number of aromatic carboxylic acids is 1. The van der Waals surface area contributed by atoms with Crippen molar-refractivity contribution in [3.63, 3.8) is 0 Å². The fourth-order valence-electron chi connectivity index (χ4n) is 2.38. The number of hydrogen-bond acceptors (Lipinski definition) is 5. The lowest BCUT2D eigenvalue weighted by Gasteiger charge is -2.26. The number of urea groups is 1. The SMILES string of the molecule is O=C1NC(=O)N(c2ccc(C(=O)O)cc2)C(=O)/C1=C/c1ccc(O)cc1. The van der Waals surface area contributed by atoms with Gasteiger partial charge in [-0.05, 0) is 48.0 Å². The molecule has 0 unspecified atom stereocenters. The van der Waals surface area contributed by atoms with Gasteiger partial charge in [-0.3, -0.25) is 14.9 Å². The van der Waals surface area contributed by atoms with Gasteiger partial charge in [0.1, 0.15) is 11.3 Å². The molecule has 8 heteroatoms. The number of nitrogens with one attached hydrogen (secondary N) is 1. The number of carboxylic acids is 1. The molecular weight excluding hydrogens is 340 g/mol. The maximum Gasteiger partial charge on any atom is 0.335 e. The van der Waals surface area contributed by atoms with Gasteiger partial charge >= 0.3 is 12.0 Å². The Bertz CT molecular complexity index is 945. The van der Waals surface area contributed by atoms with Crippen LogP contribution in [0.1, 0.15) is 15.9 Å². The maximum absolute atomic E-state index is 12.6. The first kappa shape index (κ1) is 16.9. The molecule has 26 heavy (non-hydrogen) atoms. The molecule has 1 aliphatic heterocycles. The van der Waals surface area contributed by atoms with E-state index in [1.54, 1.807) is 0 Å². The molecule has 1 fully saturated rings. The number of hydrogen-bond donors (Lipinski definition) is 3. The highest BCUT2D eigenvalue weighted by Gasteiger charge is 2.36. The van der Waals surface area contributed by atoms with E-state index in [2.05, 4.69) is 5.32 Å². The van der Waals surface area contributed by atoms with Crippen molar-refractivity contribution in [1.29, 1.82) is 0 Å². The number of phenolic OH excluding ortho intramolecular Hbond substituents is 1. The van der Waals surface area contributed by atoms with Crippen LogP contribution in [-0.2, 0) is 9.59 Å². The number of amides is 4. The van der Waals surface area contributed by atoms with E-state index in [4.69, 9.17) is 5.11 Å². The number of anilines is 1. The molecule has 2 aromatic carbocycles. The van der Waals surface area contributed by atoms with Gasteiger partial charge in [-0.15, -0.1) is 0 Å². The molecule has 0 aliphatic carbocycles. The first-order valence-corrected chi connectivity index (χ1v) is 7.40. The third-order valence-corrected chi connectivity index (χ3v) is 3.68. The number of barbiturate groups is 1. The Morgan fingerprint density at radius 1 is 0.962 bits per heavy atom. The largest absolute Gasteiger partial charge is 0.508 e. The van der Waals surface area contributed by atoms with E-state index in [0.717, 1.165) is 4.90 Å². The topological polar surface area (TPSA) is 124 Å². The molecule has 1 heterocycles. The lowest BCUT2D eigenvalue weighted by Crippen LogP contribution is -2.54. The van der Waals surface area contributed by atoms with Crippen LogP contribution in [0.5, 0.6) is 5.75 Å². The second kappa shape index (κ2) is 6.52. The Morgan fingerprint density at radius 3 is 2.15 bits per heavy atom. The molecule has 0 aromatic heterocycles. The normalized spacial score (nSPS) is 15.9. The van der Waals surface area contributed by atoms with Crippen LogP contribution in [0.25, 0.3) is 6.08 Å². The van der Waals surface area contributed by atoms with E-state index in [-0.39, 0.29) is 22.6 Å². The second-order valence-electron chi connectivity index (χ2n) is 5.40. The second-order valence-corrected chi connectivity index (χ2v) is 5.40. The van der Waals surface area contributed by atoms with Gasteiger partial charge in [0, 0.05) is 0 Å². The molecule has 0 radical (unpaired) electrons. The lowest BCUT2D eigenvalue weighted by molar-refractivity contribution is -0.122. The first-order chi connectivity index (χ1) is 12.4. The lowest BCUT2D eigenvalue weighted by atomic mass is 10.1. The summed E-state index contributed by atoms with van der Waals surface area (Å²) in [5.41, 5.74) is 0.339. The number of carbonyl (C=O) groups excluding carboxylic acids is 3. The summed E-state index contributed by atoms with van der Waals surface area (Å²) >= 11 is 0. The maximum atomic E-state index is 12.6. The zero-order valence-corrected chi connectivity index (χ0v) is 13.2. The Hall–Kier alpha value is -3.94. The molecule has 0 bridgehead atoms. The summed E-state index contributed by atoms with van der Waals surface area (Å²) < 4.78 is 0. The van der Waals surface area contributed by atoms with Crippen molar-refractivity contribution < 1.29 is 29.4 Å². The Balaban J connectivity index is 1.97. The number of benzene rings is 2. The number of carboxylic acid groups (broad SMARTS) is 1. The number of carbonyl (C=O) groups is 4. The van der Waals surface area contributed by atoms with Crippen molar-refractivity contribution >= 4 is 35.6 Å². The summed E-state index contributed by atoms with van der Waals surface area (Å²) in [6.07, 6.45) is 1.29. The van der Waals surface area contributed by atoms with Gasteiger partial charge in [-0.25, -0.2) is 14.5 Å². The monoisotopic (exact) mass is 352 g/mol. The number of nitrogens with zero attached hydrogens (tertiary/aromatic N) is 1. The minimum atomic E-state index is -1.14. The molecule has 8 nitrogen and oxygen atoms in total. The van der Waals surface area contributed by atoms with Crippen LogP contribution in [0.3, 0.4) is 0 Å². The minimum Gasteiger partial charge on any atom is -0.508 e. The molecule has 0 spiro atoms. The summed E-state index contributed by atoms with van der Waals surface area (Å²) in [4.78, 5) is 48.4. The summed E-state index contributed by atoms with van der Waals surface area (Å²) in [5, 5.41) is 20.3. The number of rotatable bonds is 3. The molecule has 0 atom stereocenters. The van der Waals surface area contributed by atoms with Gasteiger partial charge < -0.3 is 10.2 Å². The molecule has 3 rings (SSSR count). The van der Waals surface area contributed by atoms with Crippen molar-refractivity contribution in [3.8, 4) is 5.75 Å². The van der Waals surface area contributed by atoms with E-state index in [1.165, 1.54) is 54.6 Å². The average Bonchev–Trinajstić information content (AvgIpc) is 2.60. The van der Waals surface area contributed by atoms with Crippen molar-refractivity contribution in [2.24, 2.45) is 0 Å². The van der Waals surface area contributed by atoms with E-state index in [1.807, 2.05) is 0 Å². The molecular formula is C18H12N2O6. The number of phenols is 1. The third-order valence-electron chi connectivity index (χ3n) is 3.68. The van der Waals surface area contributed by atoms with Gasteiger partial charge in [-0.1, -0.05) is 12.1 Å². The average molecular weight is 352 g/mol. The van der Waals surface area contributed by atoms with Crippen LogP contribution in [0.4, 0.5) is 10.5 Å². The Morgan fingerprint density at radius 2 is 1.58 bits per heavy atom. The summed E-state index contributed by atoms with van der Waals surface area (Å²) in [6, 6.07) is 9.97. The van der Waals surface area contributed by atoms with E-state index in [9.17, 15) is 24.3 Å². The molecule has 4 amide bonds. The molecule has 1 saturated heterocycles. The predicted octanol–water partition coefficient (Wildman–Crippen LogP) is 1.76. The standard InChI is InChI=1S/C18H12N2O6/c21-13-7-1-10(2-8-13)9-14-15(22)19-18(26)20(16(14)23)12-5-3-11(4-6-12)17(24)25/h1-9,21H,(H,24,25)(H,19,22,26)/b14-9+. The van der Waals surface area contributed by atoms with Gasteiger partial charge in [0.25, 0.3) is 11.8 Å². The number of imide groups is 2. The fraction of sp³-hybridized carbons (Fsp3) is 0. The van der Waals surface area contributed by atoms with Gasteiger partial charge in [0.15, 0.2) is 0 Å². The minimum absolute atomic E-state index is 0.00504. The van der Waals surface area contributed by atoms with Gasteiger partial charge in [0.2, 0.25) is 0 Å². The van der Waals surface area contributed by atoms with Crippen molar-refractivity contribution in [1.82, 2.24) is 5.32 Å². The fourth-order valence-corrected chi connectivity index (χ4v) is 2.38. The molecule has 130 valence electrons. The molecule has 2 aromatic rings. The number of aromatic hydroxyl groups is 1. The van der Waals surface area contributed by atoms with Crippen LogP contribution < -0.4 is 10.2 Å². The zero-order chi connectivity index (χ0) is 18.8. The van der Waals surface area contributed by atoms with Gasteiger partial charge in [-0.2, -0.15) is 0 Å². The van der Waals surface area contributed by atoms with E-state index in [0.29, 0.717) is 5.56 Å². The van der Waals surface area contributed by atoms with Crippen LogP contribution in [0.2, 0.25) is 0 Å². The van der Waals surface area contributed by atoms with Crippen molar-refractivity contribution in [2.45, 2.75) is 0 Å². The third kappa shape index (κ3) is 3.16. The molecule has 1 aliphatic rings. The van der Waals surface area contributed by atoms with Crippen LogP contribution in [0, 0.1) is 0 Å². The first-order valence-electron chi connectivity index (χ1n) is 7.40. The quantitative estimate of drug-likeness (QED) is 0.571. The van der Waals surface area contributed by atoms with E-state index < -0.39 is 23.8 Å². The zero-order valence-electron chi connectivity index (χ0n) is 13.2. The molecule has 3 N–H and O–H groups in total. The van der Waals surface area contributed by atoms with Crippen LogP contribution in [0.15, 0.2) is 54.1 Å². The Labute approximate surface area is 147 Å². The van der Waals surface area contributed by atoms with Crippen molar-refractivity contribution in [2.75, 3.05) is 4.90 Å². The summed E-state index contributed by atoms with van der Waals surface area (Å²) in [5.74, 6) is -2.79. The van der Waals surface area contributed by atoms with Crippen molar-refractivity contribution in [3.05, 3.63) is 65.2 Å². The van der Waals surface area contributed by atoms with Gasteiger partial charge in [0.05, 0.1) is 11.3 Å². The molecule has 0 saturated carbocycles. The van der Waals surface area contributed by atoms with E-state index >= 15 is 0 Å². The highest BCUT2D eigenvalue weighted by atomic mass is 16.4.